The van der Waals surface area contributed by atoms with Gasteiger partial charge in [0, 0.05) is 21.2 Å². The minimum absolute atomic E-state index is 0.0255. The molecule has 1 N–H and O–H groups in total. The molecule has 0 bridgehead atoms. The number of thioether (sulfide) groups is 2. The summed E-state index contributed by atoms with van der Waals surface area (Å²) in [6, 6.07) is 18.9. The zero-order valence-electron chi connectivity index (χ0n) is 16.8. The lowest BCUT2D eigenvalue weighted by Gasteiger charge is -2.13. The van der Waals surface area contributed by atoms with Gasteiger partial charge in [-0.05, 0) is 73.0 Å². The Hall–Kier alpha value is -2.15. The Morgan fingerprint density at radius 1 is 1.00 bits per heavy atom. The molecule has 0 amide bonds. The average molecular weight is 428 g/mol. The van der Waals surface area contributed by atoms with Crippen molar-refractivity contribution in [3.8, 4) is 16.9 Å². The van der Waals surface area contributed by atoms with Gasteiger partial charge in [0.05, 0.1) is 18.7 Å². The number of rotatable bonds is 8. The number of carbonyl (C=O) groups excluding carboxylic acids is 1. The van der Waals surface area contributed by atoms with E-state index in [1.807, 2.05) is 6.92 Å². The molecule has 0 aliphatic carbocycles. The lowest BCUT2D eigenvalue weighted by atomic mass is 10.1. The van der Waals surface area contributed by atoms with E-state index in [2.05, 4.69) is 71.7 Å². The van der Waals surface area contributed by atoms with Crippen LogP contribution in [0.2, 0.25) is 0 Å². The average Bonchev–Trinajstić information content (AvgIpc) is 3.08. The number of benzene rings is 2. The first-order valence-corrected chi connectivity index (χ1v) is 11.8. The molecule has 0 aliphatic heterocycles. The molecule has 4 nitrogen and oxygen atoms in total. The third-order valence-electron chi connectivity index (χ3n) is 4.76. The topological polar surface area (TPSA) is 51.5 Å². The molecule has 3 aromatic rings. The number of carbonyl (C=O) groups is 1. The first-order valence-electron chi connectivity index (χ1n) is 9.34. The summed E-state index contributed by atoms with van der Waals surface area (Å²) in [6.07, 6.45) is 4.30. The van der Waals surface area contributed by atoms with Gasteiger partial charge in [-0.1, -0.05) is 12.1 Å². The number of aliphatic hydroxyl groups excluding tert-OH is 1. The van der Waals surface area contributed by atoms with Gasteiger partial charge < -0.3 is 14.4 Å². The fourth-order valence-electron chi connectivity index (χ4n) is 3.24. The maximum Gasteiger partial charge on any atom is 0.310 e. The van der Waals surface area contributed by atoms with Crippen LogP contribution in [0.3, 0.4) is 0 Å². The van der Waals surface area contributed by atoms with Crippen LogP contribution < -0.4 is 0 Å². The first-order chi connectivity index (χ1) is 14.1. The summed E-state index contributed by atoms with van der Waals surface area (Å²) in [7, 11) is 0. The van der Waals surface area contributed by atoms with Gasteiger partial charge in [-0.3, -0.25) is 4.79 Å². The van der Waals surface area contributed by atoms with Crippen LogP contribution in [0.25, 0.3) is 16.9 Å². The second kappa shape index (κ2) is 10.1. The van der Waals surface area contributed by atoms with Crippen LogP contribution in [0.15, 0.2) is 64.4 Å². The quantitative estimate of drug-likeness (QED) is 0.406. The molecule has 0 aliphatic rings. The second-order valence-electron chi connectivity index (χ2n) is 6.52. The molecule has 0 spiro atoms. The minimum Gasteiger partial charge on any atom is -0.463 e. The molecule has 1 aromatic heterocycles. The number of esters is 1. The van der Waals surface area contributed by atoms with E-state index in [1.165, 1.54) is 9.79 Å². The summed E-state index contributed by atoms with van der Waals surface area (Å²) >= 11 is 3.42. The van der Waals surface area contributed by atoms with Crippen LogP contribution in [-0.2, 0) is 16.0 Å². The Bertz CT molecular complexity index is 963. The molecule has 29 heavy (non-hydrogen) atoms. The van der Waals surface area contributed by atoms with Crippen molar-refractivity contribution in [2.24, 2.45) is 0 Å². The van der Waals surface area contributed by atoms with Crippen molar-refractivity contribution in [2.75, 3.05) is 25.7 Å². The van der Waals surface area contributed by atoms with Gasteiger partial charge in [0.25, 0.3) is 0 Å². The van der Waals surface area contributed by atoms with Crippen molar-refractivity contribution in [3.63, 3.8) is 0 Å². The van der Waals surface area contributed by atoms with E-state index >= 15 is 0 Å². The highest BCUT2D eigenvalue weighted by molar-refractivity contribution is 7.98. The standard InChI is InChI=1S/C23H25NO3S2/c1-16-18(15-23(26)27-13-12-25)14-22(17-4-8-20(28-2)9-5-17)24(16)19-6-10-21(29-3)11-7-19/h4-11,14,25H,12-13,15H2,1-3H3. The molecule has 1 heterocycles. The largest absolute Gasteiger partial charge is 0.463 e. The van der Waals surface area contributed by atoms with Crippen molar-refractivity contribution < 1.29 is 14.6 Å². The molecule has 2 aromatic carbocycles. The number of hydrogen-bond acceptors (Lipinski definition) is 5. The van der Waals surface area contributed by atoms with Crippen molar-refractivity contribution in [1.82, 2.24) is 4.57 Å². The van der Waals surface area contributed by atoms with Gasteiger partial charge in [0.1, 0.15) is 6.61 Å². The first kappa shape index (κ1) is 21.6. The van der Waals surface area contributed by atoms with E-state index in [0.29, 0.717) is 0 Å². The van der Waals surface area contributed by atoms with Gasteiger partial charge in [0.2, 0.25) is 0 Å². The van der Waals surface area contributed by atoms with Gasteiger partial charge in [-0.15, -0.1) is 23.5 Å². The third kappa shape index (κ3) is 5.07. The predicted octanol–water partition coefficient (Wildman–Crippen LogP) is 4.97. The van der Waals surface area contributed by atoms with Crippen LogP contribution in [0.5, 0.6) is 0 Å². The molecule has 152 valence electrons. The summed E-state index contributed by atoms with van der Waals surface area (Å²) in [6.45, 7) is 1.88. The molecule has 0 radical (unpaired) electrons. The van der Waals surface area contributed by atoms with Crippen molar-refractivity contribution in [2.45, 2.75) is 23.1 Å². The van der Waals surface area contributed by atoms with E-state index in [9.17, 15) is 4.79 Å². The Labute approximate surface area is 180 Å². The molecule has 0 saturated carbocycles. The summed E-state index contributed by atoms with van der Waals surface area (Å²) in [5.41, 5.74) is 5.11. The van der Waals surface area contributed by atoms with Gasteiger partial charge in [-0.25, -0.2) is 0 Å². The number of aromatic nitrogens is 1. The highest BCUT2D eigenvalue weighted by Crippen LogP contribution is 2.31. The van der Waals surface area contributed by atoms with Crippen LogP contribution in [0, 0.1) is 6.92 Å². The molecular formula is C23H25NO3S2. The summed E-state index contributed by atoms with van der Waals surface area (Å²) in [5, 5.41) is 8.88. The van der Waals surface area contributed by atoms with Crippen LogP contribution in [-0.4, -0.2) is 41.4 Å². The van der Waals surface area contributed by atoms with Crippen molar-refractivity contribution in [3.05, 3.63) is 65.9 Å². The summed E-state index contributed by atoms with van der Waals surface area (Å²) in [5.74, 6) is -0.332. The zero-order valence-corrected chi connectivity index (χ0v) is 18.5. The van der Waals surface area contributed by atoms with Crippen LogP contribution in [0.1, 0.15) is 11.3 Å². The van der Waals surface area contributed by atoms with Gasteiger partial charge in [-0.2, -0.15) is 0 Å². The Morgan fingerprint density at radius 3 is 2.14 bits per heavy atom. The lowest BCUT2D eigenvalue weighted by molar-refractivity contribution is -0.143. The van der Waals surface area contributed by atoms with E-state index in [-0.39, 0.29) is 25.6 Å². The number of ether oxygens (including phenoxy) is 1. The summed E-state index contributed by atoms with van der Waals surface area (Å²) in [4.78, 5) is 14.6. The Balaban J connectivity index is 2.05. The fourth-order valence-corrected chi connectivity index (χ4v) is 4.06. The zero-order chi connectivity index (χ0) is 20.8. The molecule has 3 rings (SSSR count). The van der Waals surface area contributed by atoms with E-state index in [1.54, 1.807) is 23.5 Å². The summed E-state index contributed by atoms with van der Waals surface area (Å²) < 4.78 is 7.25. The lowest BCUT2D eigenvalue weighted by Crippen LogP contribution is -2.11. The SMILES string of the molecule is CSc1ccc(-c2cc(CC(=O)OCCO)c(C)n2-c2ccc(SC)cc2)cc1. The third-order valence-corrected chi connectivity index (χ3v) is 6.24. The smallest absolute Gasteiger partial charge is 0.310 e. The van der Waals surface area contributed by atoms with Gasteiger partial charge in [0.15, 0.2) is 0 Å². The number of hydrogen-bond donors (Lipinski definition) is 1. The Morgan fingerprint density at radius 2 is 1.59 bits per heavy atom. The van der Waals surface area contributed by atoms with Gasteiger partial charge >= 0.3 is 5.97 Å². The van der Waals surface area contributed by atoms with E-state index in [0.717, 1.165) is 28.2 Å². The second-order valence-corrected chi connectivity index (χ2v) is 8.28. The van der Waals surface area contributed by atoms with Crippen LogP contribution >= 0.6 is 23.5 Å². The highest BCUT2D eigenvalue weighted by atomic mass is 32.2. The maximum absolute atomic E-state index is 12.1. The predicted molar refractivity (Wildman–Crippen MR) is 121 cm³/mol. The number of aliphatic hydroxyl groups is 1. The normalized spacial score (nSPS) is 10.9. The van der Waals surface area contributed by atoms with E-state index < -0.39 is 0 Å². The molecule has 0 fully saturated rings. The maximum atomic E-state index is 12.1. The molecule has 0 unspecified atom stereocenters. The monoisotopic (exact) mass is 427 g/mol. The van der Waals surface area contributed by atoms with E-state index in [4.69, 9.17) is 9.84 Å². The minimum atomic E-state index is -0.332. The fraction of sp³-hybridized carbons (Fsp3) is 0.261. The Kier molecular flexibility index (Phi) is 7.47. The van der Waals surface area contributed by atoms with Crippen LogP contribution in [0.4, 0.5) is 0 Å². The molecule has 0 saturated heterocycles. The molecule has 6 heteroatoms. The highest BCUT2D eigenvalue weighted by Gasteiger charge is 2.17. The molecule has 0 atom stereocenters. The molecular weight excluding hydrogens is 402 g/mol. The van der Waals surface area contributed by atoms with Crippen molar-refractivity contribution in [1.29, 1.82) is 0 Å². The number of nitrogens with zero attached hydrogens (tertiary/aromatic N) is 1. The van der Waals surface area contributed by atoms with Crippen molar-refractivity contribution >= 4 is 29.5 Å².